The van der Waals surface area contributed by atoms with Gasteiger partial charge in [-0.05, 0) is 42.5 Å². The van der Waals surface area contributed by atoms with Gasteiger partial charge in [0.15, 0.2) is 0 Å². The predicted molar refractivity (Wildman–Crippen MR) is 83.4 cm³/mol. The molecular weight excluding hydrogens is 268 g/mol. The average Bonchev–Trinajstić information content (AvgIpc) is 2.34. The Hall–Kier alpha value is -1.88. The van der Waals surface area contributed by atoms with E-state index in [1.54, 1.807) is 19.1 Å². The van der Waals surface area contributed by atoms with Gasteiger partial charge < -0.3 is 16.2 Å². The van der Waals surface area contributed by atoms with Gasteiger partial charge in [0.05, 0.1) is 11.5 Å². The number of benzene rings is 1. The van der Waals surface area contributed by atoms with Crippen molar-refractivity contribution in [1.82, 2.24) is 0 Å². The fourth-order valence-corrected chi connectivity index (χ4v) is 2.25. The zero-order valence-corrected chi connectivity index (χ0v) is 13.1. The molecule has 1 aromatic carbocycles. The Morgan fingerprint density at radius 2 is 1.95 bits per heavy atom. The lowest BCUT2D eigenvalue weighted by Gasteiger charge is -2.24. The van der Waals surface area contributed by atoms with Crippen LogP contribution in [-0.4, -0.2) is 23.5 Å². The SMILES string of the molecule is Cc1cc(NC(=O)C(CN)CC(C)(C)C)ccc1C(=O)O. The number of hydrogen-bond donors (Lipinski definition) is 3. The van der Waals surface area contributed by atoms with E-state index in [9.17, 15) is 9.59 Å². The van der Waals surface area contributed by atoms with Crippen molar-refractivity contribution < 1.29 is 14.7 Å². The van der Waals surface area contributed by atoms with E-state index in [1.807, 2.05) is 0 Å². The number of carbonyl (C=O) groups excluding carboxylic acids is 1. The monoisotopic (exact) mass is 292 g/mol. The van der Waals surface area contributed by atoms with Gasteiger partial charge >= 0.3 is 5.97 Å². The fraction of sp³-hybridized carbons (Fsp3) is 0.500. The summed E-state index contributed by atoms with van der Waals surface area (Å²) < 4.78 is 0. The van der Waals surface area contributed by atoms with Crippen LogP contribution >= 0.6 is 0 Å². The molecule has 1 amide bonds. The molecule has 5 nitrogen and oxygen atoms in total. The molecule has 0 heterocycles. The molecule has 0 spiro atoms. The van der Waals surface area contributed by atoms with E-state index in [4.69, 9.17) is 10.8 Å². The minimum absolute atomic E-state index is 0.0183. The normalized spacial score (nSPS) is 12.8. The summed E-state index contributed by atoms with van der Waals surface area (Å²) >= 11 is 0. The third-order valence-corrected chi connectivity index (χ3v) is 3.24. The maximum absolute atomic E-state index is 12.2. The lowest BCUT2D eigenvalue weighted by Crippen LogP contribution is -2.32. The number of rotatable bonds is 5. The predicted octanol–water partition coefficient (Wildman–Crippen LogP) is 2.64. The molecule has 4 N–H and O–H groups in total. The molecule has 21 heavy (non-hydrogen) atoms. The molecule has 0 aromatic heterocycles. The summed E-state index contributed by atoms with van der Waals surface area (Å²) in [5.41, 5.74) is 7.15. The molecule has 0 bridgehead atoms. The largest absolute Gasteiger partial charge is 0.478 e. The van der Waals surface area contributed by atoms with E-state index in [0.717, 1.165) is 0 Å². The molecule has 1 unspecified atom stereocenters. The standard InChI is InChI=1S/C16H24N2O3/c1-10-7-12(5-6-13(10)15(20)21)18-14(19)11(9-17)8-16(2,3)4/h5-7,11H,8-9,17H2,1-4H3,(H,18,19)(H,20,21). The van der Waals surface area contributed by atoms with Crippen LogP contribution in [0, 0.1) is 18.3 Å². The van der Waals surface area contributed by atoms with Gasteiger partial charge in [-0.25, -0.2) is 4.79 Å². The van der Waals surface area contributed by atoms with Crippen molar-refractivity contribution in [3.05, 3.63) is 29.3 Å². The topological polar surface area (TPSA) is 92.4 Å². The Morgan fingerprint density at radius 1 is 1.33 bits per heavy atom. The number of carboxylic acids is 1. The second-order valence-electron chi connectivity index (χ2n) is 6.52. The van der Waals surface area contributed by atoms with Crippen molar-refractivity contribution in [1.29, 1.82) is 0 Å². The Bertz CT molecular complexity index is 533. The molecule has 0 aliphatic carbocycles. The number of carbonyl (C=O) groups is 2. The molecule has 5 heteroatoms. The van der Waals surface area contributed by atoms with E-state index in [2.05, 4.69) is 26.1 Å². The highest BCUT2D eigenvalue weighted by molar-refractivity contribution is 5.94. The van der Waals surface area contributed by atoms with E-state index < -0.39 is 5.97 Å². The summed E-state index contributed by atoms with van der Waals surface area (Å²) in [4.78, 5) is 23.2. The first kappa shape index (κ1) is 17.2. The second kappa shape index (κ2) is 6.72. The van der Waals surface area contributed by atoms with Crippen LogP contribution in [0.5, 0.6) is 0 Å². The first-order valence-electron chi connectivity index (χ1n) is 6.99. The van der Waals surface area contributed by atoms with Gasteiger partial charge in [0.1, 0.15) is 0 Å². The molecule has 0 aliphatic heterocycles. The molecule has 116 valence electrons. The van der Waals surface area contributed by atoms with Crippen LogP contribution < -0.4 is 11.1 Å². The van der Waals surface area contributed by atoms with Gasteiger partial charge in [0, 0.05) is 12.2 Å². The summed E-state index contributed by atoms with van der Waals surface area (Å²) in [6.45, 7) is 8.18. The molecule has 0 fully saturated rings. The number of nitrogens with one attached hydrogen (secondary N) is 1. The zero-order chi connectivity index (χ0) is 16.2. The Morgan fingerprint density at radius 3 is 2.38 bits per heavy atom. The number of aryl methyl sites for hydroxylation is 1. The Kier molecular flexibility index (Phi) is 5.49. The molecule has 0 saturated carbocycles. The zero-order valence-electron chi connectivity index (χ0n) is 13.1. The van der Waals surface area contributed by atoms with Crippen LogP contribution in [0.3, 0.4) is 0 Å². The van der Waals surface area contributed by atoms with Crippen molar-refractivity contribution in [3.63, 3.8) is 0 Å². The van der Waals surface area contributed by atoms with Crippen LogP contribution in [0.4, 0.5) is 5.69 Å². The van der Waals surface area contributed by atoms with Crippen molar-refractivity contribution in [2.24, 2.45) is 17.1 Å². The highest BCUT2D eigenvalue weighted by Gasteiger charge is 2.24. The molecule has 1 rings (SSSR count). The second-order valence-corrected chi connectivity index (χ2v) is 6.52. The molecule has 0 radical (unpaired) electrons. The maximum Gasteiger partial charge on any atom is 0.335 e. The number of nitrogens with two attached hydrogens (primary N) is 1. The number of aromatic carboxylic acids is 1. The summed E-state index contributed by atoms with van der Waals surface area (Å²) in [6, 6.07) is 4.75. The highest BCUT2D eigenvalue weighted by Crippen LogP contribution is 2.25. The average molecular weight is 292 g/mol. The van der Waals surface area contributed by atoms with E-state index in [-0.39, 0.29) is 29.3 Å². The summed E-state index contributed by atoms with van der Waals surface area (Å²) in [6.07, 6.45) is 0.696. The van der Waals surface area contributed by atoms with Crippen molar-refractivity contribution in [2.75, 3.05) is 11.9 Å². The third-order valence-electron chi connectivity index (χ3n) is 3.24. The van der Waals surface area contributed by atoms with Gasteiger partial charge in [0.2, 0.25) is 5.91 Å². The third kappa shape index (κ3) is 5.19. The minimum atomic E-state index is -0.974. The van der Waals surface area contributed by atoms with Gasteiger partial charge in [-0.1, -0.05) is 20.8 Å². The lowest BCUT2D eigenvalue weighted by atomic mass is 9.84. The fourth-order valence-electron chi connectivity index (χ4n) is 2.25. The number of hydrogen-bond acceptors (Lipinski definition) is 3. The van der Waals surface area contributed by atoms with Gasteiger partial charge in [-0.2, -0.15) is 0 Å². The molecular formula is C16H24N2O3. The van der Waals surface area contributed by atoms with Crippen LogP contribution in [-0.2, 0) is 4.79 Å². The van der Waals surface area contributed by atoms with Crippen molar-refractivity contribution >= 4 is 17.6 Å². The summed E-state index contributed by atoms with van der Waals surface area (Å²) in [5.74, 6) is -1.36. The Balaban J connectivity index is 2.82. The summed E-state index contributed by atoms with van der Waals surface area (Å²) in [7, 11) is 0. The van der Waals surface area contributed by atoms with Crippen LogP contribution in [0.2, 0.25) is 0 Å². The lowest BCUT2D eigenvalue weighted by molar-refractivity contribution is -0.120. The first-order chi connectivity index (χ1) is 9.64. The molecule has 1 atom stereocenters. The smallest absolute Gasteiger partial charge is 0.335 e. The molecule has 0 aliphatic rings. The van der Waals surface area contributed by atoms with Gasteiger partial charge in [-0.15, -0.1) is 0 Å². The van der Waals surface area contributed by atoms with Crippen LogP contribution in [0.25, 0.3) is 0 Å². The van der Waals surface area contributed by atoms with E-state index >= 15 is 0 Å². The van der Waals surface area contributed by atoms with E-state index in [0.29, 0.717) is 17.7 Å². The van der Waals surface area contributed by atoms with Crippen LogP contribution in [0.1, 0.15) is 43.1 Å². The molecule has 1 aromatic rings. The maximum atomic E-state index is 12.2. The van der Waals surface area contributed by atoms with Crippen molar-refractivity contribution in [3.8, 4) is 0 Å². The minimum Gasteiger partial charge on any atom is -0.478 e. The Labute approximate surface area is 125 Å². The highest BCUT2D eigenvalue weighted by atomic mass is 16.4. The van der Waals surface area contributed by atoms with Gasteiger partial charge in [-0.3, -0.25) is 4.79 Å². The number of carboxylic acid groups (broad SMARTS) is 1. The van der Waals surface area contributed by atoms with E-state index in [1.165, 1.54) is 6.07 Å². The van der Waals surface area contributed by atoms with Crippen LogP contribution in [0.15, 0.2) is 18.2 Å². The number of amides is 1. The number of anilines is 1. The summed E-state index contributed by atoms with van der Waals surface area (Å²) in [5, 5.41) is 11.8. The quantitative estimate of drug-likeness (QED) is 0.778. The first-order valence-corrected chi connectivity index (χ1v) is 6.99. The molecule has 0 saturated heterocycles. The van der Waals surface area contributed by atoms with Crippen molar-refractivity contribution in [2.45, 2.75) is 34.1 Å². The van der Waals surface area contributed by atoms with Gasteiger partial charge in [0.25, 0.3) is 0 Å².